The molecule has 0 aliphatic carbocycles. The van der Waals surface area contributed by atoms with Crippen molar-refractivity contribution in [1.82, 2.24) is 4.90 Å². The van der Waals surface area contributed by atoms with Crippen LogP contribution < -0.4 is 0 Å². The van der Waals surface area contributed by atoms with E-state index in [-0.39, 0.29) is 24.0 Å². The summed E-state index contributed by atoms with van der Waals surface area (Å²) >= 11 is 6.14. The molecule has 4 nitrogen and oxygen atoms in total. The molecule has 0 saturated carbocycles. The zero-order valence-corrected chi connectivity index (χ0v) is 13.6. The van der Waals surface area contributed by atoms with E-state index in [1.807, 2.05) is 24.0 Å². The Balaban J connectivity index is 1.83. The number of likely N-dealkylation sites (tertiary alicyclic amines) is 1. The smallest absolute Gasteiger partial charge is 0.254 e. The summed E-state index contributed by atoms with van der Waals surface area (Å²) in [6, 6.07) is 5.49. The van der Waals surface area contributed by atoms with Crippen LogP contribution in [-0.4, -0.2) is 47.8 Å². The summed E-state index contributed by atoms with van der Waals surface area (Å²) in [6.07, 6.45) is 2.17. The number of hydrogen-bond donors (Lipinski definition) is 1. The number of amides is 1. The first kappa shape index (κ1) is 15.8. The summed E-state index contributed by atoms with van der Waals surface area (Å²) in [5.41, 5.74) is 1.48. The predicted molar refractivity (Wildman–Crippen MR) is 85.2 cm³/mol. The van der Waals surface area contributed by atoms with Gasteiger partial charge in [-0.25, -0.2) is 0 Å². The highest BCUT2D eigenvalue weighted by Gasteiger charge is 2.40. The fourth-order valence-corrected chi connectivity index (χ4v) is 3.77. The summed E-state index contributed by atoms with van der Waals surface area (Å²) in [5, 5.41) is 10.9. The second-order valence-electron chi connectivity index (χ2n) is 6.22. The molecule has 1 aromatic carbocycles. The Morgan fingerprint density at radius 3 is 3.00 bits per heavy atom. The third kappa shape index (κ3) is 2.87. The van der Waals surface area contributed by atoms with Crippen molar-refractivity contribution in [2.24, 2.45) is 5.92 Å². The standard InChI is InChI=1S/C17H22ClNO3/c1-11-12(4-2-5-14(11)18)17(21)19-8-3-6-15(19)13-10-22-9-7-16(13)20/h2,4-5,13,15-16,20H,3,6-10H2,1H3/t13-,15+,16-/m0/s1. The van der Waals surface area contributed by atoms with Crippen molar-refractivity contribution in [3.8, 4) is 0 Å². The van der Waals surface area contributed by atoms with Crippen LogP contribution in [0.25, 0.3) is 0 Å². The normalized spacial score (nSPS) is 28.9. The highest BCUT2D eigenvalue weighted by molar-refractivity contribution is 6.31. The molecular formula is C17H22ClNO3. The van der Waals surface area contributed by atoms with Crippen LogP contribution in [0.3, 0.4) is 0 Å². The largest absolute Gasteiger partial charge is 0.393 e. The van der Waals surface area contributed by atoms with Gasteiger partial charge in [0.05, 0.1) is 12.7 Å². The van der Waals surface area contributed by atoms with E-state index < -0.39 is 0 Å². The quantitative estimate of drug-likeness (QED) is 0.910. The summed E-state index contributed by atoms with van der Waals surface area (Å²) in [6.45, 7) is 3.74. The minimum Gasteiger partial charge on any atom is -0.393 e. The Morgan fingerprint density at radius 1 is 1.41 bits per heavy atom. The molecule has 0 spiro atoms. The second-order valence-corrected chi connectivity index (χ2v) is 6.62. The number of hydrogen-bond acceptors (Lipinski definition) is 3. The van der Waals surface area contributed by atoms with Crippen molar-refractivity contribution in [3.63, 3.8) is 0 Å². The minimum atomic E-state index is -0.382. The van der Waals surface area contributed by atoms with E-state index in [2.05, 4.69) is 0 Å². The highest BCUT2D eigenvalue weighted by atomic mass is 35.5. The topological polar surface area (TPSA) is 49.8 Å². The number of benzene rings is 1. The van der Waals surface area contributed by atoms with Crippen molar-refractivity contribution < 1.29 is 14.6 Å². The van der Waals surface area contributed by atoms with Gasteiger partial charge in [0.1, 0.15) is 0 Å². The van der Waals surface area contributed by atoms with Crippen LogP contribution in [0.4, 0.5) is 0 Å². The van der Waals surface area contributed by atoms with Crippen molar-refractivity contribution in [2.75, 3.05) is 19.8 Å². The first-order valence-electron chi connectivity index (χ1n) is 7.91. The molecule has 1 amide bonds. The van der Waals surface area contributed by atoms with Gasteiger partial charge in [-0.15, -0.1) is 0 Å². The fourth-order valence-electron chi connectivity index (χ4n) is 3.60. The Hall–Kier alpha value is -1.10. The molecule has 3 atom stereocenters. The van der Waals surface area contributed by atoms with Gasteiger partial charge in [-0.3, -0.25) is 4.79 Å². The number of carbonyl (C=O) groups excluding carboxylic acids is 1. The Bertz CT molecular complexity index is 563. The summed E-state index contributed by atoms with van der Waals surface area (Å²) in [7, 11) is 0. The van der Waals surface area contributed by atoms with Crippen molar-refractivity contribution >= 4 is 17.5 Å². The van der Waals surface area contributed by atoms with Gasteiger partial charge in [0.2, 0.25) is 0 Å². The van der Waals surface area contributed by atoms with E-state index in [1.54, 1.807) is 6.07 Å². The molecule has 1 aromatic rings. The number of aliphatic hydroxyl groups is 1. The van der Waals surface area contributed by atoms with Gasteiger partial charge < -0.3 is 14.7 Å². The lowest BCUT2D eigenvalue weighted by molar-refractivity contribution is -0.0589. The van der Waals surface area contributed by atoms with Crippen LogP contribution in [0.1, 0.15) is 35.2 Å². The molecule has 2 aliphatic heterocycles. The molecule has 5 heteroatoms. The van der Waals surface area contributed by atoms with Crippen LogP contribution in [0.15, 0.2) is 18.2 Å². The number of nitrogens with zero attached hydrogens (tertiary/aromatic N) is 1. The molecule has 2 saturated heterocycles. The number of rotatable bonds is 2. The zero-order chi connectivity index (χ0) is 15.7. The van der Waals surface area contributed by atoms with Gasteiger partial charge in [0.25, 0.3) is 5.91 Å². The lowest BCUT2D eigenvalue weighted by Gasteiger charge is -2.37. The van der Waals surface area contributed by atoms with Crippen molar-refractivity contribution in [2.45, 2.75) is 38.3 Å². The molecule has 2 fully saturated rings. The van der Waals surface area contributed by atoms with E-state index in [0.29, 0.717) is 30.2 Å². The molecule has 0 aromatic heterocycles. The maximum absolute atomic E-state index is 12.9. The van der Waals surface area contributed by atoms with Gasteiger partial charge in [-0.2, -0.15) is 0 Å². The Labute approximate surface area is 136 Å². The molecule has 0 bridgehead atoms. The molecule has 120 valence electrons. The number of halogens is 1. The van der Waals surface area contributed by atoms with E-state index in [1.165, 1.54) is 0 Å². The molecule has 22 heavy (non-hydrogen) atoms. The van der Waals surface area contributed by atoms with Gasteiger partial charge in [0.15, 0.2) is 0 Å². The van der Waals surface area contributed by atoms with E-state index in [0.717, 1.165) is 24.9 Å². The lowest BCUT2D eigenvalue weighted by Crippen LogP contribution is -2.48. The predicted octanol–water partition coefficient (Wildman–Crippen LogP) is 2.65. The summed E-state index contributed by atoms with van der Waals surface area (Å²) < 4.78 is 5.52. The van der Waals surface area contributed by atoms with Gasteiger partial charge in [0, 0.05) is 35.7 Å². The number of ether oxygens (including phenoxy) is 1. The Kier molecular flexibility index (Phi) is 4.71. The Morgan fingerprint density at radius 2 is 2.23 bits per heavy atom. The van der Waals surface area contributed by atoms with Crippen LogP contribution in [0.2, 0.25) is 5.02 Å². The average Bonchev–Trinajstić information content (AvgIpc) is 2.99. The van der Waals surface area contributed by atoms with Crippen LogP contribution in [0, 0.1) is 12.8 Å². The first-order chi connectivity index (χ1) is 10.6. The van der Waals surface area contributed by atoms with Gasteiger partial charge in [-0.1, -0.05) is 17.7 Å². The van der Waals surface area contributed by atoms with Crippen molar-refractivity contribution in [1.29, 1.82) is 0 Å². The minimum absolute atomic E-state index is 0.0136. The third-order valence-corrected chi connectivity index (χ3v) is 5.32. The first-order valence-corrected chi connectivity index (χ1v) is 8.29. The molecule has 2 aliphatic rings. The lowest BCUT2D eigenvalue weighted by atomic mass is 9.89. The van der Waals surface area contributed by atoms with E-state index >= 15 is 0 Å². The molecule has 2 heterocycles. The number of aliphatic hydroxyl groups excluding tert-OH is 1. The van der Waals surface area contributed by atoms with Gasteiger partial charge in [-0.05, 0) is 43.9 Å². The highest BCUT2D eigenvalue weighted by Crippen LogP contribution is 2.32. The summed E-state index contributed by atoms with van der Waals surface area (Å²) in [4.78, 5) is 14.8. The maximum atomic E-state index is 12.9. The van der Waals surface area contributed by atoms with Crippen molar-refractivity contribution in [3.05, 3.63) is 34.3 Å². The second kappa shape index (κ2) is 6.57. The number of carbonyl (C=O) groups is 1. The van der Waals surface area contributed by atoms with Crippen LogP contribution >= 0.6 is 11.6 Å². The molecule has 1 N–H and O–H groups in total. The average molecular weight is 324 g/mol. The monoisotopic (exact) mass is 323 g/mol. The summed E-state index contributed by atoms with van der Waals surface area (Å²) in [5.74, 6) is 0.0277. The maximum Gasteiger partial charge on any atom is 0.254 e. The fraction of sp³-hybridized carbons (Fsp3) is 0.588. The van der Waals surface area contributed by atoms with Gasteiger partial charge >= 0.3 is 0 Å². The molecule has 3 rings (SSSR count). The third-order valence-electron chi connectivity index (χ3n) is 4.91. The SMILES string of the molecule is Cc1c(Cl)cccc1C(=O)N1CCC[C@@H]1[C@@H]1COCC[C@@H]1O. The molecule has 0 unspecified atom stereocenters. The molecular weight excluding hydrogens is 302 g/mol. The zero-order valence-electron chi connectivity index (χ0n) is 12.8. The molecule has 0 radical (unpaired) electrons. The van der Waals surface area contributed by atoms with Crippen LogP contribution in [0.5, 0.6) is 0 Å². The van der Waals surface area contributed by atoms with E-state index in [9.17, 15) is 9.90 Å². The van der Waals surface area contributed by atoms with E-state index in [4.69, 9.17) is 16.3 Å². The van der Waals surface area contributed by atoms with Crippen LogP contribution in [-0.2, 0) is 4.74 Å².